The lowest BCUT2D eigenvalue weighted by atomic mass is 10.2. The molecular weight excluding hydrogens is 328 g/mol. The lowest BCUT2D eigenvalue weighted by molar-refractivity contribution is 0.355. The molecule has 0 unspecified atom stereocenters. The third-order valence-electron chi connectivity index (χ3n) is 3.76. The van der Waals surface area contributed by atoms with Gasteiger partial charge in [0.05, 0.1) is 11.5 Å². The van der Waals surface area contributed by atoms with E-state index in [0.717, 1.165) is 11.3 Å². The molecule has 1 aliphatic rings. The molecule has 0 bridgehead atoms. The summed E-state index contributed by atoms with van der Waals surface area (Å²) in [4.78, 5) is 1.94. The van der Waals surface area contributed by atoms with E-state index in [2.05, 4.69) is 5.32 Å². The van der Waals surface area contributed by atoms with E-state index in [1.165, 1.54) is 0 Å². The molecule has 0 spiro atoms. The predicted octanol–water partition coefficient (Wildman–Crippen LogP) is 2.85. The summed E-state index contributed by atoms with van der Waals surface area (Å²) in [6.45, 7) is 4.57. The van der Waals surface area contributed by atoms with Crippen LogP contribution in [0.5, 0.6) is 0 Å². The van der Waals surface area contributed by atoms with Gasteiger partial charge in [-0.2, -0.15) is 0 Å². The topological polar surface area (TPSA) is 49.4 Å². The third kappa shape index (κ3) is 3.87. The van der Waals surface area contributed by atoms with Gasteiger partial charge in [0.1, 0.15) is 0 Å². The van der Waals surface area contributed by atoms with E-state index in [0.29, 0.717) is 23.1 Å². The largest absolute Gasteiger partial charge is 0.345 e. The fourth-order valence-corrected chi connectivity index (χ4v) is 4.81. The summed E-state index contributed by atoms with van der Waals surface area (Å²) in [7, 11) is -2.92. The van der Waals surface area contributed by atoms with E-state index in [4.69, 9.17) is 23.8 Å². The van der Waals surface area contributed by atoms with Crippen LogP contribution in [0.4, 0.5) is 5.69 Å². The first kappa shape index (κ1) is 16.5. The second kappa shape index (κ2) is 6.50. The minimum absolute atomic E-state index is 0.0421. The highest BCUT2D eigenvalue weighted by Gasteiger charge is 2.32. The van der Waals surface area contributed by atoms with E-state index in [9.17, 15) is 8.42 Å². The number of nitrogens with zero attached hydrogens (tertiary/aromatic N) is 1. The monoisotopic (exact) mass is 346 g/mol. The van der Waals surface area contributed by atoms with E-state index in [1.807, 2.05) is 36.9 Å². The van der Waals surface area contributed by atoms with Crippen LogP contribution < -0.4 is 5.32 Å². The van der Waals surface area contributed by atoms with Gasteiger partial charge in [0, 0.05) is 23.3 Å². The Kier molecular flexibility index (Phi) is 5.11. The van der Waals surface area contributed by atoms with Gasteiger partial charge in [-0.15, -0.1) is 0 Å². The highest BCUT2D eigenvalue weighted by atomic mass is 35.5. The van der Waals surface area contributed by atoms with Gasteiger partial charge in [0.25, 0.3) is 0 Å². The fourth-order valence-electron chi connectivity index (χ4n) is 2.52. The van der Waals surface area contributed by atoms with Crippen LogP contribution in [-0.2, 0) is 9.84 Å². The number of rotatable bonds is 3. The van der Waals surface area contributed by atoms with Crippen LogP contribution in [0.2, 0.25) is 5.02 Å². The molecule has 1 N–H and O–H groups in total. The molecule has 1 fully saturated rings. The normalized spacial score (nSPS) is 20.2. The molecular formula is C14H19ClN2O2S2. The van der Waals surface area contributed by atoms with Crippen molar-refractivity contribution in [2.75, 3.05) is 23.4 Å². The van der Waals surface area contributed by atoms with Crippen LogP contribution in [0.25, 0.3) is 0 Å². The van der Waals surface area contributed by atoms with Crippen molar-refractivity contribution >= 4 is 44.5 Å². The molecule has 4 nitrogen and oxygen atoms in total. The van der Waals surface area contributed by atoms with Crippen molar-refractivity contribution in [1.82, 2.24) is 4.90 Å². The van der Waals surface area contributed by atoms with Gasteiger partial charge in [-0.1, -0.05) is 17.7 Å². The molecule has 1 heterocycles. The summed E-state index contributed by atoms with van der Waals surface area (Å²) in [6, 6.07) is 5.55. The second-order valence-electron chi connectivity index (χ2n) is 5.19. The minimum atomic E-state index is -2.92. The number of sulfone groups is 1. The molecule has 1 aliphatic heterocycles. The Morgan fingerprint density at radius 2 is 2.24 bits per heavy atom. The van der Waals surface area contributed by atoms with E-state index in [1.54, 1.807) is 0 Å². The van der Waals surface area contributed by atoms with Crippen molar-refractivity contribution in [3.05, 3.63) is 28.8 Å². The highest BCUT2D eigenvalue weighted by Crippen LogP contribution is 2.24. The molecule has 0 aliphatic carbocycles. The van der Waals surface area contributed by atoms with Crippen molar-refractivity contribution in [1.29, 1.82) is 0 Å². The Labute approximate surface area is 136 Å². The van der Waals surface area contributed by atoms with Crippen molar-refractivity contribution in [2.24, 2.45) is 0 Å². The highest BCUT2D eigenvalue weighted by molar-refractivity contribution is 7.91. The summed E-state index contributed by atoms with van der Waals surface area (Å²) in [5.74, 6) is 0.421. The molecule has 0 amide bonds. The van der Waals surface area contributed by atoms with E-state index >= 15 is 0 Å². The van der Waals surface area contributed by atoms with Crippen molar-refractivity contribution < 1.29 is 8.42 Å². The van der Waals surface area contributed by atoms with Crippen molar-refractivity contribution in [3.8, 4) is 0 Å². The van der Waals surface area contributed by atoms with Crippen LogP contribution in [0, 0.1) is 6.92 Å². The zero-order valence-electron chi connectivity index (χ0n) is 12.1. The van der Waals surface area contributed by atoms with Gasteiger partial charge in [-0.25, -0.2) is 8.42 Å². The summed E-state index contributed by atoms with van der Waals surface area (Å²) < 4.78 is 23.3. The van der Waals surface area contributed by atoms with Crippen LogP contribution >= 0.6 is 23.8 Å². The first-order valence-electron chi connectivity index (χ1n) is 6.87. The average molecular weight is 347 g/mol. The van der Waals surface area contributed by atoms with Crippen LogP contribution in [0.1, 0.15) is 18.9 Å². The minimum Gasteiger partial charge on any atom is -0.345 e. The Bertz CT molecular complexity index is 646. The van der Waals surface area contributed by atoms with Crippen LogP contribution in [0.3, 0.4) is 0 Å². The lowest BCUT2D eigenvalue weighted by Crippen LogP contribution is -2.43. The third-order valence-corrected chi connectivity index (χ3v) is 6.26. The van der Waals surface area contributed by atoms with Crippen molar-refractivity contribution in [2.45, 2.75) is 26.3 Å². The zero-order valence-corrected chi connectivity index (χ0v) is 14.5. The van der Waals surface area contributed by atoms with E-state index < -0.39 is 9.84 Å². The zero-order chi connectivity index (χ0) is 15.6. The maximum Gasteiger partial charge on any atom is 0.173 e. The number of anilines is 1. The number of benzene rings is 1. The molecule has 1 saturated heterocycles. The Morgan fingerprint density at radius 3 is 2.81 bits per heavy atom. The molecule has 1 aromatic rings. The molecule has 0 aromatic heterocycles. The number of hydrogen-bond donors (Lipinski definition) is 1. The Balaban J connectivity index is 2.12. The molecule has 0 saturated carbocycles. The molecule has 21 heavy (non-hydrogen) atoms. The lowest BCUT2D eigenvalue weighted by Gasteiger charge is -2.30. The van der Waals surface area contributed by atoms with Crippen LogP contribution in [-0.4, -0.2) is 42.5 Å². The summed E-state index contributed by atoms with van der Waals surface area (Å²) in [6.07, 6.45) is 0.631. The Morgan fingerprint density at radius 1 is 1.52 bits per heavy atom. The van der Waals surface area contributed by atoms with Crippen LogP contribution in [0.15, 0.2) is 18.2 Å². The van der Waals surface area contributed by atoms with Gasteiger partial charge >= 0.3 is 0 Å². The first-order chi connectivity index (χ1) is 9.84. The Hall–Kier alpha value is -0.850. The SMILES string of the molecule is CCN(C(=S)Nc1cccc(Cl)c1C)[C@@H]1CCS(=O)(=O)C1. The number of thiocarbonyl (C=S) groups is 1. The summed E-state index contributed by atoms with van der Waals surface area (Å²) in [5.41, 5.74) is 1.78. The number of hydrogen-bond acceptors (Lipinski definition) is 3. The standard InChI is InChI=1S/C14H19ClN2O2S2/c1-3-17(11-7-8-21(18,19)9-11)14(20)16-13-6-4-5-12(15)10(13)2/h4-6,11H,3,7-9H2,1-2H3,(H,16,20)/t11-/m1/s1. The maximum atomic E-state index is 11.6. The van der Waals surface area contributed by atoms with Gasteiger partial charge in [0.2, 0.25) is 0 Å². The molecule has 2 rings (SSSR count). The smallest absolute Gasteiger partial charge is 0.173 e. The molecule has 1 aromatic carbocycles. The molecule has 7 heteroatoms. The van der Waals surface area contributed by atoms with E-state index in [-0.39, 0.29) is 17.5 Å². The van der Waals surface area contributed by atoms with Gasteiger partial charge in [-0.3, -0.25) is 0 Å². The summed E-state index contributed by atoms with van der Waals surface area (Å²) >= 11 is 11.5. The predicted molar refractivity (Wildman–Crippen MR) is 91.8 cm³/mol. The van der Waals surface area contributed by atoms with Gasteiger partial charge in [-0.05, 0) is 50.2 Å². The van der Waals surface area contributed by atoms with Gasteiger partial charge < -0.3 is 10.2 Å². The van der Waals surface area contributed by atoms with Crippen molar-refractivity contribution in [3.63, 3.8) is 0 Å². The first-order valence-corrected chi connectivity index (χ1v) is 9.48. The average Bonchev–Trinajstić information content (AvgIpc) is 2.76. The fraction of sp³-hybridized carbons (Fsp3) is 0.500. The molecule has 1 atom stereocenters. The molecule has 0 radical (unpaired) electrons. The molecule has 116 valence electrons. The number of halogens is 1. The summed E-state index contributed by atoms with van der Waals surface area (Å²) in [5, 5.41) is 4.41. The maximum absolute atomic E-state index is 11.6. The quantitative estimate of drug-likeness (QED) is 0.853. The second-order valence-corrected chi connectivity index (χ2v) is 8.21. The van der Waals surface area contributed by atoms with Gasteiger partial charge in [0.15, 0.2) is 14.9 Å². The number of nitrogens with one attached hydrogen (secondary N) is 1.